The third kappa shape index (κ3) is 4.26. The van der Waals surface area contributed by atoms with Crippen LogP contribution in [0.4, 0.5) is 0 Å². The number of rotatable bonds is 8. The summed E-state index contributed by atoms with van der Waals surface area (Å²) < 4.78 is 10.9. The Kier molecular flexibility index (Phi) is 6.16. The summed E-state index contributed by atoms with van der Waals surface area (Å²) in [6.45, 7) is 1.13. The molecule has 0 saturated carbocycles. The number of nitrogens with zero attached hydrogens (tertiary/aromatic N) is 2. The quantitative estimate of drug-likeness (QED) is 0.718. The van der Waals surface area contributed by atoms with E-state index in [0.29, 0.717) is 30.2 Å². The number of pyridine rings is 1. The Labute approximate surface area is 165 Å². The highest BCUT2D eigenvalue weighted by Gasteiger charge is 2.40. The Balaban J connectivity index is 1.72. The molecule has 1 aliphatic rings. The Morgan fingerprint density at radius 3 is 2.79 bits per heavy atom. The van der Waals surface area contributed by atoms with E-state index in [1.165, 1.54) is 6.20 Å². The largest absolute Gasteiger partial charge is 0.497 e. The van der Waals surface area contributed by atoms with Gasteiger partial charge in [-0.25, -0.2) is 4.98 Å². The molecular weight excluding hydrogens is 358 g/mol. The highest BCUT2D eigenvalue weighted by atomic mass is 16.5. The average Bonchev–Trinajstić information content (AvgIpc) is 3.06. The van der Waals surface area contributed by atoms with Gasteiger partial charge in [-0.05, 0) is 56.3 Å². The van der Waals surface area contributed by atoms with Crippen molar-refractivity contribution in [1.82, 2.24) is 15.2 Å². The number of benzene rings is 1. The van der Waals surface area contributed by atoms with Gasteiger partial charge in [0.25, 0.3) is 5.91 Å². The van der Waals surface area contributed by atoms with Crippen molar-refractivity contribution in [2.45, 2.75) is 18.4 Å². The van der Waals surface area contributed by atoms with Crippen LogP contribution in [0.2, 0.25) is 0 Å². The normalized spacial score (nSPS) is 18.0. The van der Waals surface area contributed by atoms with Crippen molar-refractivity contribution < 1.29 is 19.4 Å². The van der Waals surface area contributed by atoms with Crippen molar-refractivity contribution in [2.75, 3.05) is 41.0 Å². The predicted octanol–water partition coefficient (Wildman–Crippen LogP) is 1.59. The van der Waals surface area contributed by atoms with Gasteiger partial charge in [-0.2, -0.15) is 0 Å². The first kappa shape index (κ1) is 20.1. The molecule has 0 bridgehead atoms. The maximum atomic E-state index is 12.8. The molecule has 28 heavy (non-hydrogen) atoms. The highest BCUT2D eigenvalue weighted by molar-refractivity contribution is 5.94. The molecule has 0 radical (unpaired) electrons. The van der Waals surface area contributed by atoms with Gasteiger partial charge in [0.15, 0.2) is 0 Å². The van der Waals surface area contributed by atoms with Crippen LogP contribution in [0.3, 0.4) is 0 Å². The maximum Gasteiger partial charge on any atom is 0.253 e. The molecule has 2 N–H and O–H groups in total. The van der Waals surface area contributed by atoms with Gasteiger partial charge < -0.3 is 24.8 Å². The van der Waals surface area contributed by atoms with Crippen LogP contribution in [0.1, 0.15) is 27.9 Å². The lowest BCUT2D eigenvalue weighted by atomic mass is 9.92. The second-order valence-electron chi connectivity index (χ2n) is 7.25. The molecule has 7 nitrogen and oxygen atoms in total. The zero-order chi connectivity index (χ0) is 20.1. The van der Waals surface area contributed by atoms with Crippen LogP contribution in [0.25, 0.3) is 0 Å². The number of hydrogen-bond donors (Lipinski definition) is 2. The summed E-state index contributed by atoms with van der Waals surface area (Å²) in [5, 5.41) is 13.1. The molecule has 2 aromatic rings. The molecular formula is C21H27N3O4. The van der Waals surface area contributed by atoms with Gasteiger partial charge >= 0.3 is 0 Å². The number of carbonyl (C=O) groups excluding carboxylic acids is 1. The second-order valence-corrected chi connectivity index (χ2v) is 7.25. The van der Waals surface area contributed by atoms with Crippen molar-refractivity contribution >= 4 is 5.91 Å². The number of fused-ring (bicyclic) bond motifs is 1. The number of hydrogen-bond acceptors (Lipinski definition) is 6. The zero-order valence-electron chi connectivity index (χ0n) is 16.6. The highest BCUT2D eigenvalue weighted by Crippen LogP contribution is 2.38. The fourth-order valence-corrected chi connectivity index (χ4v) is 3.38. The van der Waals surface area contributed by atoms with Gasteiger partial charge in [0.05, 0.1) is 24.8 Å². The van der Waals surface area contributed by atoms with Gasteiger partial charge in [0, 0.05) is 18.8 Å². The number of nitrogens with one attached hydrogen (secondary N) is 1. The number of aromatic nitrogens is 1. The second kappa shape index (κ2) is 8.58. The molecule has 150 valence electrons. The summed E-state index contributed by atoms with van der Waals surface area (Å²) in [5.41, 5.74) is 1.61. The number of aliphatic hydroxyl groups is 1. The number of aliphatic hydroxyl groups excluding tert-OH is 1. The fourth-order valence-electron chi connectivity index (χ4n) is 3.38. The van der Waals surface area contributed by atoms with Crippen molar-refractivity contribution in [2.24, 2.45) is 0 Å². The van der Waals surface area contributed by atoms with Gasteiger partial charge in [0.1, 0.15) is 12.4 Å². The minimum Gasteiger partial charge on any atom is -0.497 e. The summed E-state index contributed by atoms with van der Waals surface area (Å²) in [6.07, 6.45) is 2.92. The summed E-state index contributed by atoms with van der Waals surface area (Å²) >= 11 is 0. The smallest absolute Gasteiger partial charge is 0.253 e. The Bertz CT molecular complexity index is 823. The molecule has 1 heterocycles. The van der Waals surface area contributed by atoms with Crippen LogP contribution >= 0.6 is 0 Å². The molecule has 3 rings (SSSR count). The minimum absolute atomic E-state index is 0.182. The van der Waals surface area contributed by atoms with Crippen LogP contribution in [0.5, 0.6) is 11.6 Å². The molecule has 1 aliphatic carbocycles. The molecule has 1 unspecified atom stereocenters. The van der Waals surface area contributed by atoms with E-state index in [1.807, 2.05) is 37.2 Å². The maximum absolute atomic E-state index is 12.8. The molecule has 0 fully saturated rings. The summed E-state index contributed by atoms with van der Waals surface area (Å²) in [7, 11) is 5.54. The summed E-state index contributed by atoms with van der Waals surface area (Å²) in [4.78, 5) is 19.0. The fraction of sp³-hybridized carbons (Fsp3) is 0.429. The average molecular weight is 385 g/mol. The van der Waals surface area contributed by atoms with Crippen molar-refractivity contribution in [3.8, 4) is 11.6 Å². The lowest BCUT2D eigenvalue weighted by molar-refractivity contribution is 0.0828. The first-order chi connectivity index (χ1) is 13.5. The van der Waals surface area contributed by atoms with E-state index in [2.05, 4.69) is 10.3 Å². The van der Waals surface area contributed by atoms with E-state index in [1.54, 1.807) is 19.2 Å². The van der Waals surface area contributed by atoms with E-state index in [4.69, 9.17) is 9.47 Å². The zero-order valence-corrected chi connectivity index (χ0v) is 16.6. The minimum atomic E-state index is -0.818. The topological polar surface area (TPSA) is 83.9 Å². The van der Waals surface area contributed by atoms with Gasteiger partial charge in [-0.3, -0.25) is 4.79 Å². The van der Waals surface area contributed by atoms with Crippen LogP contribution < -0.4 is 14.8 Å². The summed E-state index contributed by atoms with van der Waals surface area (Å²) in [6, 6.07) is 9.13. The summed E-state index contributed by atoms with van der Waals surface area (Å²) in [5.74, 6) is 0.900. The SMILES string of the molecule is COc1ccc2c(c1)C(CO)(NC(=O)c1ccc(OCCN(C)C)nc1)CC2. The van der Waals surface area contributed by atoms with Crippen LogP contribution in [0, 0.1) is 0 Å². The predicted molar refractivity (Wildman–Crippen MR) is 106 cm³/mol. The lowest BCUT2D eigenvalue weighted by Crippen LogP contribution is -2.47. The van der Waals surface area contributed by atoms with E-state index in [9.17, 15) is 9.90 Å². The number of methoxy groups -OCH3 is 1. The van der Waals surface area contributed by atoms with Crippen LogP contribution in [-0.2, 0) is 12.0 Å². The number of ether oxygens (including phenoxy) is 2. The van der Waals surface area contributed by atoms with Crippen molar-refractivity contribution in [1.29, 1.82) is 0 Å². The van der Waals surface area contributed by atoms with E-state index in [0.717, 1.165) is 24.1 Å². The molecule has 0 aliphatic heterocycles. The monoisotopic (exact) mass is 385 g/mol. The van der Waals surface area contributed by atoms with Crippen molar-refractivity contribution in [3.05, 3.63) is 53.2 Å². The van der Waals surface area contributed by atoms with Crippen LogP contribution in [-0.4, -0.2) is 61.9 Å². The molecule has 1 aromatic carbocycles. The number of likely N-dealkylation sites (N-methyl/N-ethyl adjacent to an activating group) is 1. The van der Waals surface area contributed by atoms with E-state index >= 15 is 0 Å². The molecule has 0 saturated heterocycles. The van der Waals surface area contributed by atoms with E-state index < -0.39 is 5.54 Å². The molecule has 1 aromatic heterocycles. The van der Waals surface area contributed by atoms with Crippen LogP contribution in [0.15, 0.2) is 36.5 Å². The molecule has 1 amide bonds. The standard InChI is InChI=1S/C21H27N3O4/c1-24(2)10-11-28-19-7-5-16(13-22-19)20(26)23-21(14-25)9-8-15-4-6-17(27-3)12-18(15)21/h4-7,12-13,25H,8-11,14H2,1-3H3,(H,23,26). The molecule has 0 spiro atoms. The first-order valence-electron chi connectivity index (χ1n) is 9.32. The number of amides is 1. The van der Waals surface area contributed by atoms with Crippen molar-refractivity contribution in [3.63, 3.8) is 0 Å². The molecule has 1 atom stereocenters. The molecule has 7 heteroatoms. The van der Waals surface area contributed by atoms with E-state index in [-0.39, 0.29) is 12.5 Å². The first-order valence-corrected chi connectivity index (χ1v) is 9.32. The van der Waals surface area contributed by atoms with Gasteiger partial charge in [-0.15, -0.1) is 0 Å². The Hall–Kier alpha value is -2.64. The Morgan fingerprint density at radius 1 is 1.32 bits per heavy atom. The van der Waals surface area contributed by atoms with Gasteiger partial charge in [-0.1, -0.05) is 6.07 Å². The Morgan fingerprint density at radius 2 is 2.14 bits per heavy atom. The third-order valence-electron chi connectivity index (χ3n) is 5.06. The lowest BCUT2D eigenvalue weighted by Gasteiger charge is -2.30. The third-order valence-corrected chi connectivity index (χ3v) is 5.06. The van der Waals surface area contributed by atoms with Gasteiger partial charge in [0.2, 0.25) is 5.88 Å². The number of aryl methyl sites for hydroxylation is 1. The number of carbonyl (C=O) groups is 1.